The number of piperidine rings is 1. The molecule has 29 heavy (non-hydrogen) atoms. The normalized spacial score (nSPS) is 15.9. The van der Waals surface area contributed by atoms with Crippen LogP contribution < -0.4 is 11.2 Å². The molecule has 3 heterocycles. The Hall–Kier alpha value is -3.10. The van der Waals surface area contributed by atoms with Gasteiger partial charge in [-0.05, 0) is 39.7 Å². The largest absolute Gasteiger partial charge is 0.458 e. The fourth-order valence-corrected chi connectivity index (χ4v) is 3.57. The fraction of sp³-hybridized carbons (Fsp3) is 0.450. The van der Waals surface area contributed by atoms with Gasteiger partial charge < -0.3 is 18.5 Å². The molecule has 1 aliphatic heterocycles. The number of ether oxygens (including phenoxy) is 1. The molecule has 0 bridgehead atoms. The van der Waals surface area contributed by atoms with Gasteiger partial charge in [-0.25, -0.2) is 14.0 Å². The molecule has 1 aliphatic rings. The van der Waals surface area contributed by atoms with Crippen molar-refractivity contribution < 1.29 is 22.8 Å². The van der Waals surface area contributed by atoms with Crippen molar-refractivity contribution in [2.75, 3.05) is 13.1 Å². The van der Waals surface area contributed by atoms with Crippen LogP contribution in [0.1, 0.15) is 45.3 Å². The van der Waals surface area contributed by atoms with E-state index in [9.17, 15) is 18.8 Å². The van der Waals surface area contributed by atoms with E-state index in [1.165, 1.54) is 6.07 Å². The number of hydrogen-bond acceptors (Lipinski definition) is 6. The topological polar surface area (TPSA) is 106 Å². The Morgan fingerprint density at radius 1 is 1.17 bits per heavy atom. The molecular weight excluding hydrogens is 383 g/mol. The second-order valence-electron chi connectivity index (χ2n) is 8.21. The van der Waals surface area contributed by atoms with E-state index >= 15 is 0 Å². The van der Waals surface area contributed by atoms with Crippen molar-refractivity contribution in [1.29, 1.82) is 0 Å². The number of H-pyrrole nitrogens is 1. The highest BCUT2D eigenvalue weighted by Crippen LogP contribution is 2.32. The maximum absolute atomic E-state index is 14.1. The van der Waals surface area contributed by atoms with E-state index < -0.39 is 22.6 Å². The highest BCUT2D eigenvalue weighted by molar-refractivity contribution is 5.99. The third-order valence-electron chi connectivity index (χ3n) is 4.92. The number of aromatic nitrogens is 1. The maximum Gasteiger partial charge on any atom is 0.417 e. The Morgan fingerprint density at radius 2 is 1.86 bits per heavy atom. The average Bonchev–Trinajstić information content (AvgIpc) is 3.04. The first kappa shape index (κ1) is 19.2. The smallest absolute Gasteiger partial charge is 0.417 e. The number of aromatic amines is 1. The quantitative estimate of drug-likeness (QED) is 0.666. The van der Waals surface area contributed by atoms with E-state index in [1.807, 2.05) is 20.8 Å². The summed E-state index contributed by atoms with van der Waals surface area (Å²) in [6.45, 7) is 6.35. The number of nitrogens with one attached hydrogen (secondary N) is 1. The van der Waals surface area contributed by atoms with Crippen LogP contribution in [0.15, 0.2) is 30.6 Å². The Morgan fingerprint density at radius 3 is 2.52 bits per heavy atom. The number of rotatable bonds is 1. The molecule has 3 aromatic rings. The first-order valence-electron chi connectivity index (χ1n) is 9.39. The molecule has 0 unspecified atom stereocenters. The van der Waals surface area contributed by atoms with E-state index in [-0.39, 0.29) is 34.1 Å². The summed E-state index contributed by atoms with van der Waals surface area (Å²) in [5.74, 6) is -1.30. The van der Waals surface area contributed by atoms with E-state index in [4.69, 9.17) is 13.6 Å². The molecule has 1 aromatic carbocycles. The van der Waals surface area contributed by atoms with Crippen molar-refractivity contribution in [3.05, 3.63) is 44.5 Å². The predicted octanol–water partition coefficient (Wildman–Crippen LogP) is 3.48. The van der Waals surface area contributed by atoms with Crippen LogP contribution in [-0.2, 0) is 4.74 Å². The average molecular weight is 404 g/mol. The number of nitrogens with zero attached hydrogens (tertiary/aromatic N) is 1. The number of likely N-dealkylation sites (tertiary alicyclic amines) is 1. The van der Waals surface area contributed by atoms with Crippen molar-refractivity contribution >= 4 is 28.2 Å². The van der Waals surface area contributed by atoms with Crippen LogP contribution in [0.25, 0.3) is 22.1 Å². The summed E-state index contributed by atoms with van der Waals surface area (Å²) in [5.41, 5.74) is -1.14. The van der Waals surface area contributed by atoms with Gasteiger partial charge in [0.25, 0.3) is 0 Å². The lowest BCUT2D eigenvalue weighted by molar-refractivity contribution is 0.0200. The van der Waals surface area contributed by atoms with Gasteiger partial charge in [0.1, 0.15) is 16.9 Å². The molecule has 1 saturated heterocycles. The van der Waals surface area contributed by atoms with Crippen LogP contribution in [0.3, 0.4) is 0 Å². The third-order valence-corrected chi connectivity index (χ3v) is 4.92. The minimum atomic E-state index is -0.829. The molecule has 0 radical (unpaired) electrons. The van der Waals surface area contributed by atoms with Crippen molar-refractivity contribution in [3.8, 4) is 0 Å². The van der Waals surface area contributed by atoms with Crippen molar-refractivity contribution in [2.24, 2.45) is 0 Å². The van der Waals surface area contributed by atoms with Gasteiger partial charge >= 0.3 is 11.8 Å². The Kier molecular flexibility index (Phi) is 4.48. The number of fused-ring (bicyclic) bond motifs is 3. The van der Waals surface area contributed by atoms with Gasteiger partial charge in [0, 0.05) is 25.1 Å². The molecule has 0 spiro atoms. The maximum atomic E-state index is 14.1. The molecule has 154 valence electrons. The number of carbonyl (C=O) groups is 1. The van der Waals surface area contributed by atoms with Crippen molar-refractivity contribution in [3.63, 3.8) is 0 Å². The number of oxazole rings is 1. The second-order valence-corrected chi connectivity index (χ2v) is 8.21. The summed E-state index contributed by atoms with van der Waals surface area (Å²) in [6, 6.07) is 2.36. The fourth-order valence-electron chi connectivity index (χ4n) is 3.57. The summed E-state index contributed by atoms with van der Waals surface area (Å²) in [6.07, 6.45) is 0.795. The van der Waals surface area contributed by atoms with E-state index in [0.29, 0.717) is 31.7 Å². The molecule has 0 aliphatic carbocycles. The molecule has 8 nitrogen and oxygen atoms in total. The summed E-state index contributed by atoms with van der Waals surface area (Å²) in [4.78, 5) is 40.3. The zero-order chi connectivity index (χ0) is 20.9. The molecule has 1 amide bonds. The highest BCUT2D eigenvalue weighted by atomic mass is 19.1. The van der Waals surface area contributed by atoms with Gasteiger partial charge in [0.05, 0.1) is 5.39 Å². The molecule has 0 saturated carbocycles. The number of hydrogen-bond donors (Lipinski definition) is 1. The Labute approximate surface area is 164 Å². The Balaban J connectivity index is 1.63. The van der Waals surface area contributed by atoms with Crippen molar-refractivity contribution in [1.82, 2.24) is 9.88 Å². The van der Waals surface area contributed by atoms with Gasteiger partial charge in [-0.1, -0.05) is 0 Å². The van der Waals surface area contributed by atoms with Crippen LogP contribution in [0, 0.1) is 5.82 Å². The number of carbonyl (C=O) groups excluding carboxylic acids is 1. The second kappa shape index (κ2) is 6.75. The van der Waals surface area contributed by atoms with Crippen LogP contribution in [-0.4, -0.2) is 34.7 Å². The molecular formula is C20H21FN2O6. The molecule has 0 atom stereocenters. The minimum absolute atomic E-state index is 0.0233. The highest BCUT2D eigenvalue weighted by Gasteiger charge is 2.29. The van der Waals surface area contributed by atoms with Gasteiger partial charge in [-0.15, -0.1) is 0 Å². The van der Waals surface area contributed by atoms with Gasteiger partial charge in [-0.3, -0.25) is 9.78 Å². The van der Waals surface area contributed by atoms with Crippen LogP contribution in [0.2, 0.25) is 0 Å². The SMILES string of the molecule is CC(C)(C)OC(=O)N1CCC(c2cc(=O)c3cc(F)c4oc(=O)[nH]c4c3o2)CC1. The van der Waals surface area contributed by atoms with E-state index in [2.05, 4.69) is 4.98 Å². The zero-order valence-corrected chi connectivity index (χ0v) is 16.3. The minimum Gasteiger partial charge on any atom is -0.458 e. The number of amides is 1. The summed E-state index contributed by atoms with van der Waals surface area (Å²) in [5, 5.41) is 0.0296. The van der Waals surface area contributed by atoms with Crippen molar-refractivity contribution in [2.45, 2.75) is 45.1 Å². The van der Waals surface area contributed by atoms with E-state index in [1.54, 1.807) is 4.90 Å². The van der Waals surface area contributed by atoms with Gasteiger partial charge in [0.2, 0.25) is 0 Å². The van der Waals surface area contributed by atoms with Crippen LogP contribution in [0.4, 0.5) is 9.18 Å². The third kappa shape index (κ3) is 3.64. The lowest BCUT2D eigenvalue weighted by Gasteiger charge is -2.33. The summed E-state index contributed by atoms with van der Waals surface area (Å²) < 4.78 is 30.2. The standard InChI is InChI=1S/C20H21FN2O6/c1-20(2,3)29-19(26)23-6-4-10(5-7-23)14-9-13(24)11-8-12(21)17-15(16(11)27-14)22-18(25)28-17/h8-10H,4-7H2,1-3H3,(H,22,25). The first-order valence-corrected chi connectivity index (χ1v) is 9.39. The van der Waals surface area contributed by atoms with Gasteiger partial charge in [-0.2, -0.15) is 0 Å². The lowest BCUT2D eigenvalue weighted by Crippen LogP contribution is -2.41. The number of halogens is 1. The van der Waals surface area contributed by atoms with Gasteiger partial charge in [0.15, 0.2) is 22.4 Å². The van der Waals surface area contributed by atoms with E-state index in [0.717, 1.165) is 6.07 Å². The molecule has 9 heteroatoms. The molecule has 4 rings (SSSR count). The number of benzene rings is 1. The summed E-state index contributed by atoms with van der Waals surface area (Å²) >= 11 is 0. The first-order chi connectivity index (χ1) is 13.6. The van der Waals surface area contributed by atoms with Crippen LogP contribution in [0.5, 0.6) is 0 Å². The van der Waals surface area contributed by atoms with Crippen LogP contribution >= 0.6 is 0 Å². The zero-order valence-electron chi connectivity index (χ0n) is 16.3. The Bertz CT molecular complexity index is 1210. The molecule has 1 N–H and O–H groups in total. The molecule has 1 fully saturated rings. The monoisotopic (exact) mass is 404 g/mol. The summed E-state index contributed by atoms with van der Waals surface area (Å²) in [7, 11) is 0. The predicted molar refractivity (Wildman–Crippen MR) is 103 cm³/mol. The molecule has 2 aromatic heterocycles. The lowest BCUT2D eigenvalue weighted by atomic mass is 9.94.